The van der Waals surface area contributed by atoms with Gasteiger partial charge in [0.2, 0.25) is 0 Å². The molecule has 0 amide bonds. The van der Waals surface area contributed by atoms with Gasteiger partial charge in [-0.05, 0) is 0 Å². The molecule has 0 atom stereocenters. The predicted molar refractivity (Wildman–Crippen MR) is 55.6 cm³/mol. The van der Waals surface area contributed by atoms with Gasteiger partial charge in [-0.1, -0.05) is 0 Å². The van der Waals surface area contributed by atoms with Crippen molar-refractivity contribution >= 4 is 0 Å². The van der Waals surface area contributed by atoms with E-state index in [1.165, 1.54) is 0 Å². The Morgan fingerprint density at radius 3 is 0.130 bits per heavy atom. The summed E-state index contributed by atoms with van der Waals surface area (Å²) in [5, 5.41) is 0. The Morgan fingerprint density at radius 2 is 0.130 bits per heavy atom. The van der Waals surface area contributed by atoms with Crippen LogP contribution in [-0.4, -0.2) is 65.7 Å². The molecule has 0 aliphatic heterocycles. The third-order valence-electron chi connectivity index (χ3n) is 0. The van der Waals surface area contributed by atoms with Crippen LogP contribution in [0.5, 0.6) is 0 Å². The summed E-state index contributed by atoms with van der Waals surface area (Å²) in [4.78, 5) is 0. The van der Waals surface area contributed by atoms with E-state index in [0.29, 0.717) is 0 Å². The molecule has 0 bridgehead atoms. The van der Waals surface area contributed by atoms with Crippen molar-refractivity contribution in [1.29, 1.82) is 0 Å². The molecule has 0 fully saturated rings. The van der Waals surface area contributed by atoms with E-state index in [2.05, 4.69) is 0 Å². The van der Waals surface area contributed by atoms with Gasteiger partial charge in [0.05, 0.1) is 0 Å². The van der Waals surface area contributed by atoms with Crippen LogP contribution in [0, 0.1) is 0 Å². The van der Waals surface area contributed by atoms with Crippen LogP contribution in [0.3, 0.4) is 0 Å². The molecule has 0 spiro atoms. The summed E-state index contributed by atoms with van der Waals surface area (Å²) in [5.41, 5.74) is 0. The monoisotopic (exact) mass is 480 g/mol. The maximum atomic E-state index is 0. The van der Waals surface area contributed by atoms with Gasteiger partial charge in [-0.15, -0.1) is 0 Å². The summed E-state index contributed by atoms with van der Waals surface area (Å²) < 4.78 is 0. The Balaban J connectivity index is 0. The van der Waals surface area contributed by atoms with Crippen LogP contribution in [-0.2, 0) is 0 Å². The van der Waals surface area contributed by atoms with Crippen molar-refractivity contribution < 1.29 is 407 Å². The van der Waals surface area contributed by atoms with Crippen molar-refractivity contribution in [3.8, 4) is 0 Å². The SMILES string of the molecule is O.O.O.O.O.O.O.O.O.O.O.O.[H-].[H-].[H-].[H-].[H-].[H-].[H-].[H-].[H-].[H-].[H-].[Na+].[Na+].[Na+].[Na+].[Na+].[Na+].[Na+].[Na+].[Na+].[Na+].[Na+]. The first-order valence-corrected chi connectivity index (χ1v) is 0. The fraction of sp³-hybridized carbons (Fsp3) is 0. The molecule has 0 unspecified atom stereocenters. The van der Waals surface area contributed by atoms with E-state index >= 15 is 0 Å². The molecule has 0 saturated carbocycles. The first-order valence-electron chi connectivity index (χ1n) is 0. The molecule has 0 aromatic carbocycles. The standard InChI is InChI=1S/11Na.12H2O.11H/h;;;;;;;;;;;12*1H2;;;;;;;;;;;/q11*+1;;;;;;;;;;;;;11*-1. The predicted octanol–water partition coefficient (Wildman–Crippen LogP) is -41.6. The Hall–Kier alpha value is 10.5. The van der Waals surface area contributed by atoms with Gasteiger partial charge < -0.3 is 81.4 Å². The molecule has 23 heavy (non-hydrogen) atoms. The Morgan fingerprint density at radius 1 is 0.130 bits per heavy atom. The van der Waals surface area contributed by atoms with Crippen molar-refractivity contribution in [3.63, 3.8) is 0 Å². The molecule has 23 heteroatoms. The summed E-state index contributed by atoms with van der Waals surface area (Å²) in [6.45, 7) is 0. The van der Waals surface area contributed by atoms with E-state index in [0.717, 1.165) is 0 Å². The molecule has 0 aliphatic rings. The third kappa shape index (κ3) is 274. The minimum absolute atomic E-state index is 0. The molecule has 0 heterocycles. The van der Waals surface area contributed by atoms with Gasteiger partial charge in [0.1, 0.15) is 0 Å². The van der Waals surface area contributed by atoms with Crippen LogP contribution in [0.15, 0.2) is 0 Å². The average Bonchev–Trinajstić information content (AvgIpc) is 0. The van der Waals surface area contributed by atoms with E-state index in [1.807, 2.05) is 0 Å². The molecule has 24 N–H and O–H groups in total. The van der Waals surface area contributed by atoms with Gasteiger partial charge in [0.25, 0.3) is 0 Å². The van der Waals surface area contributed by atoms with Gasteiger partial charge in [0, 0.05) is 0 Å². The van der Waals surface area contributed by atoms with Crippen molar-refractivity contribution in [2.45, 2.75) is 0 Å². The Bertz CT molecular complexity index is 53.8. The summed E-state index contributed by atoms with van der Waals surface area (Å²) >= 11 is 0. The number of hydrogen-bond acceptors (Lipinski definition) is 0. The fourth-order valence-corrected chi connectivity index (χ4v) is 0. The second-order valence-electron chi connectivity index (χ2n) is 0. The number of hydrogen-bond donors (Lipinski definition) is 0. The minimum atomic E-state index is 0. The van der Waals surface area contributed by atoms with Crippen LogP contribution in [0.4, 0.5) is 0 Å². The Kier molecular flexibility index (Phi) is 4070. The zero-order valence-corrected chi connectivity index (χ0v) is 39.0. The van der Waals surface area contributed by atoms with E-state index in [4.69, 9.17) is 0 Å². The maximum Gasteiger partial charge on any atom is 1.00 e. The molecule has 0 saturated heterocycles. The van der Waals surface area contributed by atoms with Crippen LogP contribution >= 0.6 is 0 Å². The van der Waals surface area contributed by atoms with Gasteiger partial charge >= 0.3 is 325 Å². The molecular formula is H35Na11O12. The summed E-state index contributed by atoms with van der Waals surface area (Å²) in [7, 11) is 0. The largest absolute Gasteiger partial charge is 1.00 e. The molecule has 0 aromatic heterocycles. The summed E-state index contributed by atoms with van der Waals surface area (Å²) in [6.07, 6.45) is 0. The zero-order chi connectivity index (χ0) is 0. The van der Waals surface area contributed by atoms with Gasteiger partial charge in [-0.2, -0.15) is 0 Å². The van der Waals surface area contributed by atoms with Crippen molar-refractivity contribution in [2.24, 2.45) is 0 Å². The molecule has 0 rings (SSSR count). The minimum Gasteiger partial charge on any atom is -1.00 e. The van der Waals surface area contributed by atoms with Gasteiger partial charge in [-0.3, -0.25) is 0 Å². The van der Waals surface area contributed by atoms with Gasteiger partial charge in [0.15, 0.2) is 0 Å². The van der Waals surface area contributed by atoms with Crippen molar-refractivity contribution in [1.82, 2.24) is 0 Å². The summed E-state index contributed by atoms with van der Waals surface area (Å²) in [5.74, 6) is 0. The zero-order valence-electron chi connectivity index (χ0n) is 28.0. The van der Waals surface area contributed by atoms with Crippen LogP contribution < -0.4 is 325 Å². The van der Waals surface area contributed by atoms with E-state index < -0.39 is 0 Å². The van der Waals surface area contributed by atoms with Crippen LogP contribution in [0.2, 0.25) is 0 Å². The Labute approximate surface area is 396 Å². The van der Waals surface area contributed by atoms with E-state index in [1.54, 1.807) is 0 Å². The van der Waals surface area contributed by atoms with Gasteiger partial charge in [-0.25, -0.2) is 0 Å². The second kappa shape index (κ2) is 292. The first-order chi connectivity index (χ1) is 0. The molecule has 12 nitrogen and oxygen atoms in total. The van der Waals surface area contributed by atoms with Crippen LogP contribution in [0.25, 0.3) is 0 Å². The van der Waals surface area contributed by atoms with Crippen molar-refractivity contribution in [2.75, 3.05) is 0 Å². The second-order valence-corrected chi connectivity index (χ2v) is 0. The molecular weight excluding hydrogens is 445 g/mol. The summed E-state index contributed by atoms with van der Waals surface area (Å²) in [6, 6.07) is 0. The molecule has 0 radical (unpaired) electrons. The normalized spacial score (nSPS) is 0. The smallest absolute Gasteiger partial charge is 1.00 e. The maximum absolute atomic E-state index is 0. The average molecular weight is 480 g/mol. The van der Waals surface area contributed by atoms with Crippen LogP contribution in [0.1, 0.15) is 15.7 Å². The molecule has 118 valence electrons. The van der Waals surface area contributed by atoms with E-state index in [9.17, 15) is 0 Å². The van der Waals surface area contributed by atoms with E-state index in [-0.39, 0.29) is 407 Å². The third-order valence-corrected chi connectivity index (χ3v) is 0. The first kappa shape index (κ1) is 320. The molecule has 0 aromatic rings. The van der Waals surface area contributed by atoms with Crippen molar-refractivity contribution in [3.05, 3.63) is 0 Å². The fourth-order valence-electron chi connectivity index (χ4n) is 0. The molecule has 0 aliphatic carbocycles. The number of rotatable bonds is 0. The quantitative estimate of drug-likeness (QED) is 0.291. The topological polar surface area (TPSA) is 378 Å².